The Kier molecular flexibility index (Phi) is 4.81. The molecule has 0 bridgehead atoms. The average Bonchev–Trinajstić information content (AvgIpc) is 3.36. The summed E-state index contributed by atoms with van der Waals surface area (Å²) in [6.07, 6.45) is 0.855. The molecule has 2 aromatic rings. The Morgan fingerprint density at radius 1 is 1.04 bits per heavy atom. The van der Waals surface area contributed by atoms with Gasteiger partial charge in [-0.2, -0.15) is 0 Å². The molecule has 24 heavy (non-hydrogen) atoms. The molecule has 124 valence electrons. The summed E-state index contributed by atoms with van der Waals surface area (Å²) in [5, 5.41) is 0.605. The zero-order chi connectivity index (χ0) is 17.1. The van der Waals surface area contributed by atoms with Crippen molar-refractivity contribution in [3.63, 3.8) is 0 Å². The third-order valence-corrected chi connectivity index (χ3v) is 4.28. The van der Waals surface area contributed by atoms with Gasteiger partial charge in [0, 0.05) is 10.9 Å². The van der Waals surface area contributed by atoms with Gasteiger partial charge in [0.15, 0.2) is 0 Å². The molecule has 3 rings (SSSR count). The Labute approximate surface area is 144 Å². The standard InChI is InChI=1S/C18H16ClFN2O2/c19-13-5-1-11(2-6-13)9-17(23)21-22-18(24)16-10-15(16)12-3-7-14(20)8-4-12/h1-8,15-16H,9-10H2,(H,21,23)(H,22,24). The highest BCUT2D eigenvalue weighted by atomic mass is 35.5. The summed E-state index contributed by atoms with van der Waals surface area (Å²) in [7, 11) is 0. The number of benzene rings is 2. The second-order valence-electron chi connectivity index (χ2n) is 5.84. The lowest BCUT2D eigenvalue weighted by Gasteiger charge is -2.07. The van der Waals surface area contributed by atoms with Crippen molar-refractivity contribution in [3.05, 3.63) is 70.5 Å². The van der Waals surface area contributed by atoms with Crippen LogP contribution in [0.25, 0.3) is 0 Å². The Morgan fingerprint density at radius 3 is 2.38 bits per heavy atom. The first kappa shape index (κ1) is 16.5. The van der Waals surface area contributed by atoms with E-state index in [0.29, 0.717) is 11.4 Å². The number of halogens is 2. The summed E-state index contributed by atoms with van der Waals surface area (Å²) >= 11 is 5.79. The van der Waals surface area contributed by atoms with Crippen LogP contribution >= 0.6 is 11.6 Å². The van der Waals surface area contributed by atoms with E-state index in [1.165, 1.54) is 12.1 Å². The van der Waals surface area contributed by atoms with Crippen molar-refractivity contribution >= 4 is 23.4 Å². The Balaban J connectivity index is 1.45. The number of carbonyl (C=O) groups is 2. The van der Waals surface area contributed by atoms with Crippen molar-refractivity contribution in [3.8, 4) is 0 Å². The van der Waals surface area contributed by atoms with Crippen molar-refractivity contribution in [2.24, 2.45) is 5.92 Å². The van der Waals surface area contributed by atoms with Crippen LogP contribution in [0.2, 0.25) is 5.02 Å². The van der Waals surface area contributed by atoms with Crippen LogP contribution in [0.3, 0.4) is 0 Å². The van der Waals surface area contributed by atoms with Crippen LogP contribution in [0.5, 0.6) is 0 Å². The number of amides is 2. The quantitative estimate of drug-likeness (QED) is 0.836. The molecule has 2 aromatic carbocycles. The molecule has 0 spiro atoms. The first-order chi connectivity index (χ1) is 11.5. The van der Waals surface area contributed by atoms with Gasteiger partial charge in [-0.1, -0.05) is 35.9 Å². The summed E-state index contributed by atoms with van der Waals surface area (Å²) in [4.78, 5) is 23.9. The minimum absolute atomic E-state index is 0.0822. The zero-order valence-electron chi connectivity index (χ0n) is 12.8. The molecule has 2 atom stereocenters. The highest BCUT2D eigenvalue weighted by Crippen LogP contribution is 2.47. The van der Waals surface area contributed by atoms with Gasteiger partial charge in [0.1, 0.15) is 5.82 Å². The second kappa shape index (κ2) is 7.01. The highest BCUT2D eigenvalue weighted by molar-refractivity contribution is 6.30. The van der Waals surface area contributed by atoms with E-state index in [4.69, 9.17) is 11.6 Å². The van der Waals surface area contributed by atoms with E-state index in [-0.39, 0.29) is 35.9 Å². The molecule has 1 aliphatic carbocycles. The number of hydrogen-bond donors (Lipinski definition) is 2. The summed E-state index contributed by atoms with van der Waals surface area (Å²) in [6, 6.07) is 13.1. The summed E-state index contributed by atoms with van der Waals surface area (Å²) in [5.41, 5.74) is 6.61. The summed E-state index contributed by atoms with van der Waals surface area (Å²) in [6.45, 7) is 0. The molecule has 1 aliphatic rings. The van der Waals surface area contributed by atoms with E-state index < -0.39 is 0 Å². The molecule has 1 fully saturated rings. The zero-order valence-corrected chi connectivity index (χ0v) is 13.5. The molecular weight excluding hydrogens is 331 g/mol. The van der Waals surface area contributed by atoms with Gasteiger partial charge in [-0.25, -0.2) is 4.39 Å². The first-order valence-electron chi connectivity index (χ1n) is 7.61. The minimum atomic E-state index is -0.301. The monoisotopic (exact) mass is 346 g/mol. The smallest absolute Gasteiger partial charge is 0.242 e. The molecule has 2 N–H and O–H groups in total. The number of rotatable bonds is 4. The molecule has 2 unspecified atom stereocenters. The maximum atomic E-state index is 12.9. The third-order valence-electron chi connectivity index (χ3n) is 4.03. The van der Waals surface area contributed by atoms with Gasteiger partial charge in [0.25, 0.3) is 0 Å². The van der Waals surface area contributed by atoms with Crippen LogP contribution in [-0.2, 0) is 16.0 Å². The average molecular weight is 347 g/mol. The normalized spacial score (nSPS) is 18.8. The van der Waals surface area contributed by atoms with Crippen LogP contribution in [0.15, 0.2) is 48.5 Å². The summed E-state index contributed by atoms with van der Waals surface area (Å²) < 4.78 is 12.9. The molecule has 0 radical (unpaired) electrons. The van der Waals surface area contributed by atoms with E-state index in [2.05, 4.69) is 10.9 Å². The van der Waals surface area contributed by atoms with Crippen molar-refractivity contribution in [1.82, 2.24) is 10.9 Å². The third kappa shape index (κ3) is 4.11. The van der Waals surface area contributed by atoms with Crippen LogP contribution in [0, 0.1) is 11.7 Å². The number of nitrogens with one attached hydrogen (secondary N) is 2. The van der Waals surface area contributed by atoms with Crippen LogP contribution < -0.4 is 10.9 Å². The van der Waals surface area contributed by atoms with Crippen molar-refractivity contribution in [1.29, 1.82) is 0 Å². The lowest BCUT2D eigenvalue weighted by Crippen LogP contribution is -2.43. The maximum absolute atomic E-state index is 12.9. The number of hydrogen-bond acceptors (Lipinski definition) is 2. The van der Waals surface area contributed by atoms with Crippen molar-refractivity contribution in [2.45, 2.75) is 18.8 Å². The van der Waals surface area contributed by atoms with Gasteiger partial charge in [-0.15, -0.1) is 0 Å². The molecule has 6 heteroatoms. The van der Waals surface area contributed by atoms with E-state index in [9.17, 15) is 14.0 Å². The first-order valence-corrected chi connectivity index (χ1v) is 7.99. The van der Waals surface area contributed by atoms with Crippen LogP contribution in [0.1, 0.15) is 23.5 Å². The van der Waals surface area contributed by atoms with E-state index in [0.717, 1.165) is 11.1 Å². The van der Waals surface area contributed by atoms with Crippen molar-refractivity contribution < 1.29 is 14.0 Å². The molecule has 0 aliphatic heterocycles. The predicted octanol–water partition coefficient (Wildman–Crippen LogP) is 2.97. The number of hydrazine groups is 1. The second-order valence-corrected chi connectivity index (χ2v) is 6.28. The lowest BCUT2D eigenvalue weighted by molar-refractivity contribution is -0.129. The highest BCUT2D eigenvalue weighted by Gasteiger charge is 2.44. The Bertz CT molecular complexity index is 747. The molecule has 0 heterocycles. The van der Waals surface area contributed by atoms with Gasteiger partial charge < -0.3 is 0 Å². The molecule has 0 saturated heterocycles. The SMILES string of the molecule is O=C(Cc1ccc(Cl)cc1)NNC(=O)C1CC1c1ccc(F)cc1. The van der Waals surface area contributed by atoms with E-state index in [1.54, 1.807) is 36.4 Å². The maximum Gasteiger partial charge on any atom is 0.242 e. The number of carbonyl (C=O) groups excluding carboxylic acids is 2. The van der Waals surface area contributed by atoms with Crippen molar-refractivity contribution in [2.75, 3.05) is 0 Å². The van der Waals surface area contributed by atoms with Crippen LogP contribution in [0.4, 0.5) is 4.39 Å². The fourth-order valence-corrected chi connectivity index (χ4v) is 2.74. The predicted molar refractivity (Wildman–Crippen MR) is 88.7 cm³/mol. The molecular formula is C18H16ClFN2O2. The fourth-order valence-electron chi connectivity index (χ4n) is 2.62. The topological polar surface area (TPSA) is 58.2 Å². The molecule has 2 amide bonds. The molecule has 4 nitrogen and oxygen atoms in total. The largest absolute Gasteiger partial charge is 0.273 e. The summed E-state index contributed by atoms with van der Waals surface area (Å²) in [5.74, 6) is -0.932. The van der Waals surface area contributed by atoms with Gasteiger partial charge in [-0.05, 0) is 47.7 Å². The van der Waals surface area contributed by atoms with Crippen LogP contribution in [-0.4, -0.2) is 11.8 Å². The lowest BCUT2D eigenvalue weighted by atomic mass is 10.1. The van der Waals surface area contributed by atoms with Gasteiger partial charge >= 0.3 is 0 Å². The van der Waals surface area contributed by atoms with E-state index in [1.807, 2.05) is 0 Å². The Morgan fingerprint density at radius 2 is 1.71 bits per heavy atom. The van der Waals surface area contributed by atoms with Gasteiger partial charge in [0.05, 0.1) is 6.42 Å². The molecule has 0 aromatic heterocycles. The van der Waals surface area contributed by atoms with E-state index >= 15 is 0 Å². The Hall–Kier alpha value is -2.40. The van der Waals surface area contributed by atoms with Gasteiger partial charge in [-0.3, -0.25) is 20.4 Å². The van der Waals surface area contributed by atoms with Gasteiger partial charge in [0.2, 0.25) is 11.8 Å². The molecule has 1 saturated carbocycles. The minimum Gasteiger partial charge on any atom is -0.273 e. The fraction of sp³-hybridized carbons (Fsp3) is 0.222.